The first-order chi connectivity index (χ1) is 14.5. The number of alkyl halides is 3. The Bertz CT molecular complexity index is 1200. The van der Waals surface area contributed by atoms with Crippen LogP contribution in [0.2, 0.25) is 0 Å². The molecule has 31 heavy (non-hydrogen) atoms. The molecule has 0 spiro atoms. The summed E-state index contributed by atoms with van der Waals surface area (Å²) in [6.45, 7) is 3.11. The van der Waals surface area contributed by atoms with Crippen molar-refractivity contribution < 1.29 is 30.9 Å². The van der Waals surface area contributed by atoms with Gasteiger partial charge in [-0.15, -0.1) is 0 Å². The molecule has 164 valence electrons. The SMILES string of the molecule is CCc1ccc(-c2cc(C(F)(F)F)on2)cc1S(=O)(=O)Nc1ccc(NC(C)=O)cc1. The maximum Gasteiger partial charge on any atom is 0.452 e. The van der Waals surface area contributed by atoms with Gasteiger partial charge in [-0.05, 0) is 42.3 Å². The molecule has 3 aromatic rings. The third-order valence-electron chi connectivity index (χ3n) is 4.28. The molecule has 1 amide bonds. The summed E-state index contributed by atoms with van der Waals surface area (Å²) in [6.07, 6.45) is -4.32. The fourth-order valence-electron chi connectivity index (χ4n) is 2.84. The molecule has 3 rings (SSSR count). The van der Waals surface area contributed by atoms with Crippen molar-refractivity contribution in [2.45, 2.75) is 31.3 Å². The van der Waals surface area contributed by atoms with Crippen molar-refractivity contribution in [2.75, 3.05) is 10.0 Å². The van der Waals surface area contributed by atoms with Crippen LogP contribution in [0.25, 0.3) is 11.3 Å². The summed E-state index contributed by atoms with van der Waals surface area (Å²) in [5.74, 6) is -1.54. The third-order valence-corrected chi connectivity index (χ3v) is 5.74. The highest BCUT2D eigenvalue weighted by molar-refractivity contribution is 7.92. The normalized spacial score (nSPS) is 11.9. The number of carbonyl (C=O) groups is 1. The molecule has 0 atom stereocenters. The van der Waals surface area contributed by atoms with Crippen molar-refractivity contribution in [3.63, 3.8) is 0 Å². The first-order valence-electron chi connectivity index (χ1n) is 9.07. The molecule has 0 aliphatic rings. The first-order valence-corrected chi connectivity index (χ1v) is 10.6. The van der Waals surface area contributed by atoms with Crippen molar-refractivity contribution in [2.24, 2.45) is 0 Å². The lowest BCUT2D eigenvalue weighted by Crippen LogP contribution is -2.15. The lowest BCUT2D eigenvalue weighted by atomic mass is 10.1. The van der Waals surface area contributed by atoms with Gasteiger partial charge in [0.2, 0.25) is 11.7 Å². The zero-order chi connectivity index (χ0) is 22.8. The number of nitrogens with zero attached hydrogens (tertiary/aromatic N) is 1. The van der Waals surface area contributed by atoms with Crippen molar-refractivity contribution in [3.8, 4) is 11.3 Å². The fourth-order valence-corrected chi connectivity index (χ4v) is 4.23. The zero-order valence-corrected chi connectivity index (χ0v) is 17.3. The maximum atomic E-state index is 13.0. The van der Waals surface area contributed by atoms with Crippen LogP contribution in [0.3, 0.4) is 0 Å². The molecule has 1 heterocycles. The Balaban J connectivity index is 1.93. The monoisotopic (exact) mass is 453 g/mol. The van der Waals surface area contributed by atoms with E-state index in [1.165, 1.54) is 49.4 Å². The van der Waals surface area contributed by atoms with Gasteiger partial charge < -0.3 is 9.84 Å². The van der Waals surface area contributed by atoms with Crippen LogP contribution >= 0.6 is 0 Å². The number of carbonyl (C=O) groups excluding carboxylic acids is 1. The van der Waals surface area contributed by atoms with Gasteiger partial charge >= 0.3 is 6.18 Å². The molecule has 0 fully saturated rings. The summed E-state index contributed by atoms with van der Waals surface area (Å²) in [5, 5.41) is 5.98. The number of rotatable bonds is 6. The van der Waals surface area contributed by atoms with Crippen LogP contribution < -0.4 is 10.0 Å². The topological polar surface area (TPSA) is 101 Å². The molecular formula is C20H18F3N3O4S. The number of aryl methyl sites for hydroxylation is 1. The molecule has 0 saturated carbocycles. The average molecular weight is 453 g/mol. The van der Waals surface area contributed by atoms with Crippen LogP contribution in [0.5, 0.6) is 0 Å². The van der Waals surface area contributed by atoms with Gasteiger partial charge in [-0.25, -0.2) is 8.42 Å². The Labute approximate surface area is 176 Å². The summed E-state index contributed by atoms with van der Waals surface area (Å²) in [5.41, 5.74) is 1.26. The molecule has 7 nitrogen and oxygen atoms in total. The number of aromatic nitrogens is 1. The minimum absolute atomic E-state index is 0.0880. The second kappa shape index (κ2) is 8.42. The molecule has 11 heteroatoms. The van der Waals surface area contributed by atoms with E-state index in [2.05, 4.69) is 19.7 Å². The summed E-state index contributed by atoms with van der Waals surface area (Å²) in [4.78, 5) is 11.0. The van der Waals surface area contributed by atoms with Gasteiger partial charge in [0.25, 0.3) is 10.0 Å². The molecule has 0 aliphatic carbocycles. The molecular weight excluding hydrogens is 435 g/mol. The molecule has 0 unspecified atom stereocenters. The standard InChI is InChI=1S/C20H18F3N3O4S/c1-3-13-4-5-14(17-11-19(30-25-17)20(21,22)23)10-18(13)31(28,29)26-16-8-6-15(7-9-16)24-12(2)27/h4-11,26H,3H2,1-2H3,(H,24,27). The number of benzene rings is 2. The Kier molecular flexibility index (Phi) is 6.07. The Morgan fingerprint density at radius 1 is 1.06 bits per heavy atom. The summed E-state index contributed by atoms with van der Waals surface area (Å²) < 4.78 is 71.1. The van der Waals surface area contributed by atoms with E-state index in [0.717, 1.165) is 0 Å². The summed E-state index contributed by atoms with van der Waals surface area (Å²) in [7, 11) is -4.06. The van der Waals surface area contributed by atoms with E-state index in [9.17, 15) is 26.4 Å². The second-order valence-corrected chi connectivity index (χ2v) is 8.27. The van der Waals surface area contributed by atoms with Crippen LogP contribution in [-0.2, 0) is 27.4 Å². The van der Waals surface area contributed by atoms with Crippen molar-refractivity contribution in [1.29, 1.82) is 0 Å². The van der Waals surface area contributed by atoms with Gasteiger partial charge in [0.1, 0.15) is 5.69 Å². The smallest absolute Gasteiger partial charge is 0.351 e. The third kappa shape index (κ3) is 5.23. The van der Waals surface area contributed by atoms with Crippen LogP contribution in [0, 0.1) is 0 Å². The van der Waals surface area contributed by atoms with E-state index in [1.54, 1.807) is 6.92 Å². The van der Waals surface area contributed by atoms with Crippen molar-refractivity contribution in [3.05, 3.63) is 59.9 Å². The van der Waals surface area contributed by atoms with Gasteiger partial charge in [0.15, 0.2) is 0 Å². The summed E-state index contributed by atoms with van der Waals surface area (Å²) in [6, 6.07) is 11.0. The van der Waals surface area contributed by atoms with Crippen LogP contribution in [0.1, 0.15) is 25.2 Å². The maximum absolute atomic E-state index is 13.0. The van der Waals surface area contributed by atoms with Gasteiger partial charge in [-0.3, -0.25) is 9.52 Å². The number of nitrogens with one attached hydrogen (secondary N) is 2. The number of sulfonamides is 1. The molecule has 2 N–H and O–H groups in total. The molecule has 0 bridgehead atoms. The molecule has 0 saturated heterocycles. The van der Waals surface area contributed by atoms with Crippen molar-refractivity contribution >= 4 is 27.3 Å². The van der Waals surface area contributed by atoms with Gasteiger partial charge in [0.05, 0.1) is 4.90 Å². The number of halogens is 3. The summed E-state index contributed by atoms with van der Waals surface area (Å²) >= 11 is 0. The predicted molar refractivity (Wildman–Crippen MR) is 108 cm³/mol. The lowest BCUT2D eigenvalue weighted by molar-refractivity contribution is -0.155. The largest absolute Gasteiger partial charge is 0.452 e. The van der Waals surface area contributed by atoms with Crippen molar-refractivity contribution in [1.82, 2.24) is 5.16 Å². The zero-order valence-electron chi connectivity index (χ0n) is 16.4. The molecule has 2 aromatic carbocycles. The Hall–Kier alpha value is -3.34. The minimum Gasteiger partial charge on any atom is -0.351 e. The highest BCUT2D eigenvalue weighted by Gasteiger charge is 2.36. The van der Waals surface area contributed by atoms with E-state index < -0.39 is 22.0 Å². The van der Waals surface area contributed by atoms with E-state index >= 15 is 0 Å². The minimum atomic E-state index is -4.70. The average Bonchev–Trinajstić information content (AvgIpc) is 3.19. The fraction of sp³-hybridized carbons (Fsp3) is 0.200. The molecule has 1 aromatic heterocycles. The number of amides is 1. The predicted octanol–water partition coefficient (Wildman–Crippen LogP) is 4.68. The van der Waals surface area contributed by atoms with Gasteiger partial charge in [0, 0.05) is 29.9 Å². The van der Waals surface area contributed by atoms with E-state index in [-0.39, 0.29) is 27.7 Å². The quantitative estimate of drug-likeness (QED) is 0.564. The lowest BCUT2D eigenvalue weighted by Gasteiger charge is -2.13. The van der Waals surface area contributed by atoms with Gasteiger partial charge in [-0.2, -0.15) is 13.2 Å². The molecule has 0 aliphatic heterocycles. The van der Waals surface area contributed by atoms with Gasteiger partial charge in [-0.1, -0.05) is 24.2 Å². The number of hydrogen-bond donors (Lipinski definition) is 2. The number of hydrogen-bond acceptors (Lipinski definition) is 5. The second-order valence-electron chi connectivity index (χ2n) is 6.61. The highest BCUT2D eigenvalue weighted by Crippen LogP contribution is 2.33. The molecule has 0 radical (unpaired) electrons. The first kappa shape index (κ1) is 22.3. The number of anilines is 2. The Morgan fingerprint density at radius 2 is 1.71 bits per heavy atom. The van der Waals surface area contributed by atoms with E-state index in [4.69, 9.17) is 0 Å². The van der Waals surface area contributed by atoms with E-state index in [0.29, 0.717) is 23.7 Å². The highest BCUT2D eigenvalue weighted by atomic mass is 32.2. The van der Waals surface area contributed by atoms with E-state index in [1.807, 2.05) is 0 Å². The van der Waals surface area contributed by atoms with Crippen LogP contribution in [0.4, 0.5) is 24.5 Å². The van der Waals surface area contributed by atoms with Crippen LogP contribution in [-0.4, -0.2) is 19.5 Å². The van der Waals surface area contributed by atoms with Crippen LogP contribution in [0.15, 0.2) is 57.9 Å². The Morgan fingerprint density at radius 3 is 2.26 bits per heavy atom.